The number of rotatable bonds is 4. The maximum atomic E-state index is 12.3. The number of carbonyl (C=O) groups excluding carboxylic acids is 2. The van der Waals surface area contributed by atoms with Gasteiger partial charge in [-0.15, -0.1) is 0 Å². The molecule has 0 spiro atoms. The molecule has 2 aliphatic heterocycles. The Hall–Kier alpha value is -2.51. The first-order chi connectivity index (χ1) is 13.8. The highest BCUT2D eigenvalue weighted by Crippen LogP contribution is 2.40. The second kappa shape index (κ2) is 7.39. The molecule has 152 valence electrons. The molecule has 0 aliphatic carbocycles. The van der Waals surface area contributed by atoms with Crippen LogP contribution in [0.4, 0.5) is 5.82 Å². The van der Waals surface area contributed by atoms with Gasteiger partial charge in [-0.2, -0.15) is 5.10 Å². The number of anilines is 1. The predicted octanol–water partition coefficient (Wildman–Crippen LogP) is 3.27. The quantitative estimate of drug-likeness (QED) is 0.723. The van der Waals surface area contributed by atoms with Crippen LogP contribution in [0.5, 0.6) is 0 Å². The summed E-state index contributed by atoms with van der Waals surface area (Å²) in [7, 11) is 0. The van der Waals surface area contributed by atoms with Crippen molar-refractivity contribution in [3.63, 3.8) is 0 Å². The summed E-state index contributed by atoms with van der Waals surface area (Å²) < 4.78 is 1.83. The number of halogens is 2. The largest absolute Gasteiger partial charge is 0.370 e. The zero-order chi connectivity index (χ0) is 20.9. The van der Waals surface area contributed by atoms with Crippen LogP contribution in [0.3, 0.4) is 0 Å². The first-order valence-corrected chi connectivity index (χ1v) is 10.1. The van der Waals surface area contributed by atoms with E-state index in [1.165, 1.54) is 6.08 Å². The van der Waals surface area contributed by atoms with E-state index in [-0.39, 0.29) is 17.9 Å². The van der Waals surface area contributed by atoms with E-state index < -0.39 is 5.91 Å². The number of benzene rings is 1. The Morgan fingerprint density at radius 1 is 1.31 bits per heavy atom. The van der Waals surface area contributed by atoms with Crippen LogP contribution < -0.4 is 11.1 Å². The number of hydrogen-bond acceptors (Lipinski definition) is 4. The molecule has 29 heavy (non-hydrogen) atoms. The minimum absolute atomic E-state index is 0.0587. The third kappa shape index (κ3) is 3.28. The normalized spacial score (nSPS) is 18.6. The average molecular weight is 434 g/mol. The third-order valence-corrected chi connectivity index (χ3v) is 6.48. The minimum Gasteiger partial charge on any atom is -0.370 e. The van der Waals surface area contributed by atoms with Crippen LogP contribution in [0.15, 0.2) is 24.8 Å². The van der Waals surface area contributed by atoms with E-state index in [0.29, 0.717) is 52.3 Å². The zero-order valence-electron chi connectivity index (χ0n) is 15.9. The van der Waals surface area contributed by atoms with Crippen LogP contribution in [0.25, 0.3) is 11.3 Å². The number of fused-ring (bicyclic) bond motifs is 1. The topological polar surface area (TPSA) is 93.2 Å². The van der Waals surface area contributed by atoms with Crippen LogP contribution in [-0.2, 0) is 4.79 Å². The van der Waals surface area contributed by atoms with Crippen molar-refractivity contribution in [2.24, 2.45) is 11.7 Å². The Morgan fingerprint density at radius 3 is 2.55 bits per heavy atom. The molecular formula is C20H21Cl2N5O2. The number of nitrogens with zero attached hydrogens (tertiary/aromatic N) is 3. The van der Waals surface area contributed by atoms with E-state index in [2.05, 4.69) is 11.9 Å². The van der Waals surface area contributed by atoms with Gasteiger partial charge >= 0.3 is 0 Å². The molecule has 3 heterocycles. The molecule has 1 aromatic heterocycles. The van der Waals surface area contributed by atoms with E-state index in [4.69, 9.17) is 34.0 Å². The molecule has 2 aliphatic rings. The molecule has 1 unspecified atom stereocenters. The fourth-order valence-corrected chi connectivity index (χ4v) is 4.51. The van der Waals surface area contributed by atoms with Gasteiger partial charge in [-0.3, -0.25) is 9.59 Å². The van der Waals surface area contributed by atoms with E-state index in [0.717, 1.165) is 12.0 Å². The lowest BCUT2D eigenvalue weighted by atomic mass is 9.88. The molecule has 1 fully saturated rings. The predicted molar refractivity (Wildman–Crippen MR) is 113 cm³/mol. The van der Waals surface area contributed by atoms with E-state index in [1.807, 2.05) is 11.6 Å². The number of aromatic nitrogens is 2. The molecule has 1 aromatic carbocycles. The van der Waals surface area contributed by atoms with Gasteiger partial charge in [0.1, 0.15) is 17.1 Å². The van der Waals surface area contributed by atoms with Crippen molar-refractivity contribution in [1.29, 1.82) is 0 Å². The number of primary amides is 1. The lowest BCUT2D eigenvalue weighted by Crippen LogP contribution is -2.53. The fraction of sp³-hybridized carbons (Fsp3) is 0.350. The summed E-state index contributed by atoms with van der Waals surface area (Å²) in [6.45, 7) is 7.33. The highest BCUT2D eigenvalue weighted by Gasteiger charge is 2.40. The molecule has 2 aromatic rings. The summed E-state index contributed by atoms with van der Waals surface area (Å²) in [4.78, 5) is 25.8. The summed E-state index contributed by atoms with van der Waals surface area (Å²) >= 11 is 12.6. The van der Waals surface area contributed by atoms with Crippen molar-refractivity contribution in [2.45, 2.75) is 19.4 Å². The molecule has 4 rings (SSSR count). The summed E-state index contributed by atoms with van der Waals surface area (Å²) in [6, 6.07) is 3.54. The maximum absolute atomic E-state index is 12.3. The van der Waals surface area contributed by atoms with Crippen molar-refractivity contribution in [3.05, 3.63) is 46.0 Å². The van der Waals surface area contributed by atoms with Crippen molar-refractivity contribution in [2.75, 3.05) is 25.0 Å². The van der Waals surface area contributed by atoms with Crippen LogP contribution >= 0.6 is 23.2 Å². The van der Waals surface area contributed by atoms with Crippen LogP contribution in [0.2, 0.25) is 10.0 Å². The Balaban J connectivity index is 1.75. The highest BCUT2D eigenvalue weighted by molar-refractivity contribution is 6.36. The smallest absolute Gasteiger partial charge is 0.254 e. The van der Waals surface area contributed by atoms with Gasteiger partial charge in [0.25, 0.3) is 5.91 Å². The van der Waals surface area contributed by atoms with Crippen LogP contribution in [0.1, 0.15) is 28.4 Å². The molecule has 3 N–H and O–H groups in total. The van der Waals surface area contributed by atoms with Gasteiger partial charge in [-0.1, -0.05) is 29.8 Å². The molecule has 0 radical (unpaired) electrons. The van der Waals surface area contributed by atoms with Crippen molar-refractivity contribution >= 4 is 40.8 Å². The standard InChI is InChI=1S/C20H21Cl2N5O2/c1-3-16(28)26-8-12(9-26)15-4-5-24-20-17(19(23)29)18(25-27(15)20)11-6-13(21)10(2)14(22)7-11/h3,6-7,12,15,24H,1,4-5,8-9H2,2H3,(H2,23,29). The third-order valence-electron chi connectivity index (χ3n) is 5.70. The molecule has 0 bridgehead atoms. The number of hydrogen-bond donors (Lipinski definition) is 2. The molecule has 0 saturated carbocycles. The number of nitrogens with one attached hydrogen (secondary N) is 1. The van der Waals surface area contributed by atoms with Gasteiger partial charge in [0.05, 0.1) is 6.04 Å². The van der Waals surface area contributed by atoms with Crippen LogP contribution in [-0.4, -0.2) is 46.1 Å². The maximum Gasteiger partial charge on any atom is 0.254 e. The summed E-state index contributed by atoms with van der Waals surface area (Å²) in [5.74, 6) is 0.209. The lowest BCUT2D eigenvalue weighted by molar-refractivity contribution is -0.133. The van der Waals surface area contributed by atoms with Crippen LogP contribution in [0, 0.1) is 12.8 Å². The average Bonchev–Trinajstić information content (AvgIpc) is 3.05. The molecule has 2 amide bonds. The highest BCUT2D eigenvalue weighted by atomic mass is 35.5. The Morgan fingerprint density at radius 2 is 1.97 bits per heavy atom. The summed E-state index contributed by atoms with van der Waals surface area (Å²) in [5, 5.41) is 8.99. The fourth-order valence-electron chi connectivity index (χ4n) is 4.02. The van der Waals surface area contributed by atoms with Gasteiger partial charge in [0.15, 0.2) is 0 Å². The molecular weight excluding hydrogens is 413 g/mol. The summed E-state index contributed by atoms with van der Waals surface area (Å²) in [6.07, 6.45) is 2.16. The van der Waals surface area contributed by atoms with Crippen molar-refractivity contribution in [1.82, 2.24) is 14.7 Å². The van der Waals surface area contributed by atoms with Gasteiger partial charge < -0.3 is 16.0 Å². The Bertz CT molecular complexity index is 1000. The van der Waals surface area contributed by atoms with E-state index in [9.17, 15) is 9.59 Å². The van der Waals surface area contributed by atoms with Gasteiger partial charge in [-0.05, 0) is 37.1 Å². The zero-order valence-corrected chi connectivity index (χ0v) is 17.4. The molecule has 1 saturated heterocycles. The number of nitrogens with two attached hydrogens (primary N) is 1. The second-order valence-corrected chi connectivity index (χ2v) is 8.25. The van der Waals surface area contributed by atoms with Crippen molar-refractivity contribution in [3.8, 4) is 11.3 Å². The van der Waals surface area contributed by atoms with Gasteiger partial charge in [-0.25, -0.2) is 4.68 Å². The van der Waals surface area contributed by atoms with Crippen molar-refractivity contribution < 1.29 is 9.59 Å². The number of carbonyl (C=O) groups is 2. The Labute approximate surface area is 178 Å². The van der Waals surface area contributed by atoms with E-state index in [1.54, 1.807) is 17.0 Å². The SMILES string of the molecule is C=CC(=O)N1CC(C2CCNc3c(C(N)=O)c(-c4cc(Cl)c(C)c(Cl)c4)nn32)C1. The van der Waals surface area contributed by atoms with Gasteiger partial charge in [0.2, 0.25) is 5.91 Å². The molecule has 9 heteroatoms. The van der Waals surface area contributed by atoms with Gasteiger partial charge in [0, 0.05) is 41.2 Å². The molecule has 1 atom stereocenters. The minimum atomic E-state index is -0.570. The summed E-state index contributed by atoms with van der Waals surface area (Å²) in [5.41, 5.74) is 7.89. The second-order valence-electron chi connectivity index (χ2n) is 7.44. The number of likely N-dealkylation sites (tertiary alicyclic amines) is 1. The monoisotopic (exact) mass is 433 g/mol. The molecule has 7 nitrogen and oxygen atoms in total. The van der Waals surface area contributed by atoms with E-state index >= 15 is 0 Å². The first-order valence-electron chi connectivity index (χ1n) is 9.35. The number of amides is 2. The Kier molecular flexibility index (Phi) is 5.04. The first kappa shape index (κ1) is 19.8. The lowest BCUT2D eigenvalue weighted by Gasteiger charge is -2.44.